The maximum Gasteiger partial charge on any atom is 0.230 e. The van der Waals surface area contributed by atoms with Crippen molar-refractivity contribution in [3.63, 3.8) is 0 Å². The largest absolute Gasteiger partial charge is 0.370 e. The van der Waals surface area contributed by atoms with E-state index in [4.69, 9.17) is 5.73 Å². The monoisotopic (exact) mass is 295 g/mol. The third-order valence-electron chi connectivity index (χ3n) is 3.36. The van der Waals surface area contributed by atoms with Crippen molar-refractivity contribution >= 4 is 22.8 Å². The number of guanidine groups is 1. The second kappa shape index (κ2) is 5.80. The van der Waals surface area contributed by atoms with Crippen LogP contribution in [0.4, 0.5) is 5.95 Å². The smallest absolute Gasteiger partial charge is 0.230 e. The van der Waals surface area contributed by atoms with E-state index in [-0.39, 0.29) is 5.96 Å². The summed E-state index contributed by atoms with van der Waals surface area (Å²) in [5.74, 6) is 0.721. The van der Waals surface area contributed by atoms with Crippen molar-refractivity contribution in [1.82, 2.24) is 19.5 Å². The van der Waals surface area contributed by atoms with Crippen molar-refractivity contribution in [2.24, 2.45) is 17.8 Å². The molecule has 0 amide bonds. The predicted molar refractivity (Wildman–Crippen MR) is 86.4 cm³/mol. The second-order valence-electron chi connectivity index (χ2n) is 4.97. The topological polar surface area (TPSA) is 94.0 Å². The molecule has 7 heteroatoms. The number of aryl methyl sites for hydroxylation is 2. The predicted octanol–water partition coefficient (Wildman–Crippen LogP) is 1.60. The Morgan fingerprint density at radius 1 is 1.32 bits per heavy atom. The minimum Gasteiger partial charge on any atom is -0.370 e. The average Bonchev–Trinajstić information content (AvgIpc) is 2.90. The van der Waals surface area contributed by atoms with Gasteiger partial charge in [-0.2, -0.15) is 0 Å². The number of benzene rings is 1. The van der Waals surface area contributed by atoms with Crippen LogP contribution in [0.2, 0.25) is 0 Å². The molecule has 2 aromatic heterocycles. The van der Waals surface area contributed by atoms with Crippen molar-refractivity contribution < 1.29 is 0 Å². The summed E-state index contributed by atoms with van der Waals surface area (Å²) in [5, 5.41) is 3.96. The van der Waals surface area contributed by atoms with Gasteiger partial charge in [0.1, 0.15) is 0 Å². The molecule has 0 unspecified atom stereocenters. The molecule has 3 rings (SSSR count). The molecule has 3 aromatic rings. The Morgan fingerprint density at radius 2 is 2.14 bits per heavy atom. The van der Waals surface area contributed by atoms with E-state index in [1.807, 2.05) is 42.8 Å². The number of rotatable bonds is 3. The SMILES string of the molecule is Cc1nc(NC(N)=NCc2cncn2C)nc2ccccc12. The van der Waals surface area contributed by atoms with Gasteiger partial charge in [-0.05, 0) is 13.0 Å². The molecule has 0 atom stereocenters. The molecule has 0 aliphatic carbocycles. The van der Waals surface area contributed by atoms with Gasteiger partial charge in [-0.3, -0.25) is 5.32 Å². The standard InChI is InChI=1S/C15H17N7/c1-10-12-5-3-4-6-13(12)20-15(19-10)21-14(16)18-8-11-7-17-9-22(11)2/h3-7,9H,8H2,1-2H3,(H3,16,18,19,20,21). The summed E-state index contributed by atoms with van der Waals surface area (Å²) in [6, 6.07) is 7.85. The normalized spacial score (nSPS) is 11.8. The summed E-state index contributed by atoms with van der Waals surface area (Å²) in [4.78, 5) is 17.2. The molecule has 0 aliphatic rings. The molecule has 112 valence electrons. The quantitative estimate of drug-likeness (QED) is 0.565. The molecule has 2 heterocycles. The fourth-order valence-electron chi connectivity index (χ4n) is 2.15. The number of nitrogens with two attached hydrogens (primary N) is 1. The zero-order valence-corrected chi connectivity index (χ0v) is 12.5. The molecule has 0 saturated carbocycles. The summed E-state index contributed by atoms with van der Waals surface area (Å²) in [5.41, 5.74) is 8.64. The van der Waals surface area contributed by atoms with Crippen LogP contribution in [0.5, 0.6) is 0 Å². The fraction of sp³-hybridized carbons (Fsp3) is 0.200. The van der Waals surface area contributed by atoms with Crippen LogP contribution < -0.4 is 11.1 Å². The average molecular weight is 295 g/mol. The van der Waals surface area contributed by atoms with Gasteiger partial charge in [0.25, 0.3) is 0 Å². The van der Waals surface area contributed by atoms with Gasteiger partial charge < -0.3 is 10.3 Å². The number of hydrogen-bond donors (Lipinski definition) is 2. The highest BCUT2D eigenvalue weighted by molar-refractivity contribution is 5.92. The molecule has 0 saturated heterocycles. The number of aliphatic imine (C=N–C) groups is 1. The third kappa shape index (κ3) is 2.88. The second-order valence-corrected chi connectivity index (χ2v) is 4.97. The Hall–Kier alpha value is -2.96. The fourth-order valence-corrected chi connectivity index (χ4v) is 2.15. The van der Waals surface area contributed by atoms with Crippen LogP contribution in [0.15, 0.2) is 41.8 Å². The van der Waals surface area contributed by atoms with E-state index in [0.717, 1.165) is 22.3 Å². The summed E-state index contributed by atoms with van der Waals surface area (Å²) in [7, 11) is 1.91. The summed E-state index contributed by atoms with van der Waals surface area (Å²) in [6.07, 6.45) is 3.48. The highest BCUT2D eigenvalue weighted by Gasteiger charge is 2.05. The summed E-state index contributed by atoms with van der Waals surface area (Å²) in [6.45, 7) is 2.39. The van der Waals surface area contributed by atoms with Gasteiger partial charge in [0, 0.05) is 12.4 Å². The molecule has 0 fully saturated rings. The number of aromatic nitrogens is 4. The molecular weight excluding hydrogens is 278 g/mol. The molecule has 22 heavy (non-hydrogen) atoms. The zero-order valence-electron chi connectivity index (χ0n) is 12.5. The van der Waals surface area contributed by atoms with Crippen LogP contribution in [0.25, 0.3) is 10.9 Å². The Labute approximate surface area is 127 Å². The van der Waals surface area contributed by atoms with E-state index in [2.05, 4.69) is 25.3 Å². The zero-order chi connectivity index (χ0) is 15.5. The maximum absolute atomic E-state index is 5.90. The first-order valence-corrected chi connectivity index (χ1v) is 6.89. The molecule has 0 aliphatic heterocycles. The number of anilines is 1. The Morgan fingerprint density at radius 3 is 2.91 bits per heavy atom. The van der Waals surface area contributed by atoms with Crippen molar-refractivity contribution in [2.75, 3.05) is 5.32 Å². The van der Waals surface area contributed by atoms with E-state index in [1.165, 1.54) is 0 Å². The number of hydrogen-bond acceptors (Lipinski definition) is 4. The van der Waals surface area contributed by atoms with Crippen LogP contribution in [0, 0.1) is 6.92 Å². The molecule has 1 aromatic carbocycles. The molecule has 0 spiro atoms. The number of nitrogens with one attached hydrogen (secondary N) is 1. The van der Waals surface area contributed by atoms with Crippen molar-refractivity contribution in [3.05, 3.63) is 48.2 Å². The minimum atomic E-state index is 0.274. The van der Waals surface area contributed by atoms with Crippen molar-refractivity contribution in [2.45, 2.75) is 13.5 Å². The van der Waals surface area contributed by atoms with Crippen LogP contribution >= 0.6 is 0 Å². The summed E-state index contributed by atoms with van der Waals surface area (Å²) >= 11 is 0. The first kappa shape index (κ1) is 14.0. The van der Waals surface area contributed by atoms with E-state index >= 15 is 0 Å². The highest BCUT2D eigenvalue weighted by Crippen LogP contribution is 2.16. The van der Waals surface area contributed by atoms with Gasteiger partial charge in [0.05, 0.1) is 36.0 Å². The third-order valence-corrected chi connectivity index (χ3v) is 3.36. The lowest BCUT2D eigenvalue weighted by Crippen LogP contribution is -2.24. The number of fused-ring (bicyclic) bond motifs is 1. The lowest BCUT2D eigenvalue weighted by molar-refractivity contribution is 0.820. The summed E-state index contributed by atoms with van der Waals surface area (Å²) < 4.78 is 1.90. The number of nitrogens with zero attached hydrogens (tertiary/aromatic N) is 5. The van der Waals surface area contributed by atoms with Crippen molar-refractivity contribution in [3.8, 4) is 0 Å². The van der Waals surface area contributed by atoms with E-state index in [1.54, 1.807) is 12.5 Å². The Bertz CT molecular complexity index is 835. The Kier molecular flexibility index (Phi) is 3.69. The number of imidazole rings is 1. The van der Waals surface area contributed by atoms with Gasteiger partial charge in [-0.1, -0.05) is 18.2 Å². The highest BCUT2D eigenvalue weighted by atomic mass is 15.2. The molecular formula is C15H17N7. The van der Waals surface area contributed by atoms with Gasteiger partial charge in [0.15, 0.2) is 5.96 Å². The van der Waals surface area contributed by atoms with E-state index < -0.39 is 0 Å². The van der Waals surface area contributed by atoms with E-state index in [9.17, 15) is 0 Å². The van der Waals surface area contributed by atoms with Crippen LogP contribution in [0.3, 0.4) is 0 Å². The van der Waals surface area contributed by atoms with Crippen LogP contribution in [0.1, 0.15) is 11.4 Å². The van der Waals surface area contributed by atoms with Gasteiger partial charge in [-0.25, -0.2) is 19.9 Å². The van der Waals surface area contributed by atoms with E-state index in [0.29, 0.717) is 12.5 Å². The van der Waals surface area contributed by atoms with Gasteiger partial charge in [-0.15, -0.1) is 0 Å². The lowest BCUT2D eigenvalue weighted by atomic mass is 10.2. The lowest BCUT2D eigenvalue weighted by Gasteiger charge is -2.07. The number of para-hydroxylation sites is 1. The Balaban J connectivity index is 1.79. The maximum atomic E-state index is 5.90. The van der Waals surface area contributed by atoms with Gasteiger partial charge in [0.2, 0.25) is 5.95 Å². The van der Waals surface area contributed by atoms with Crippen LogP contribution in [-0.4, -0.2) is 25.5 Å². The molecule has 7 nitrogen and oxygen atoms in total. The first-order chi connectivity index (χ1) is 10.6. The molecule has 0 radical (unpaired) electrons. The molecule has 3 N–H and O–H groups in total. The van der Waals surface area contributed by atoms with Gasteiger partial charge >= 0.3 is 0 Å². The minimum absolute atomic E-state index is 0.274. The molecule has 0 bridgehead atoms. The first-order valence-electron chi connectivity index (χ1n) is 6.89. The van der Waals surface area contributed by atoms with Crippen molar-refractivity contribution in [1.29, 1.82) is 0 Å². The van der Waals surface area contributed by atoms with Crippen LogP contribution in [-0.2, 0) is 13.6 Å².